The van der Waals surface area contributed by atoms with E-state index in [1.807, 2.05) is 42.6 Å². The number of thioether (sulfide) groups is 1. The van der Waals surface area contributed by atoms with E-state index in [0.29, 0.717) is 11.8 Å². The van der Waals surface area contributed by atoms with Crippen molar-refractivity contribution in [2.24, 2.45) is 0 Å². The minimum Gasteiger partial charge on any atom is -0.419 e. The second kappa shape index (κ2) is 6.33. The fraction of sp³-hybridized carbons (Fsp3) is 0.176. The molecule has 120 valence electrons. The second-order valence-electron chi connectivity index (χ2n) is 5.39. The second-order valence-corrected chi connectivity index (χ2v) is 7.63. The Labute approximate surface area is 147 Å². The van der Waals surface area contributed by atoms with Gasteiger partial charge in [0.15, 0.2) is 0 Å². The molecule has 1 aromatic carbocycles. The van der Waals surface area contributed by atoms with Crippen molar-refractivity contribution >= 4 is 33.3 Å². The fourth-order valence-electron chi connectivity index (χ4n) is 2.28. The summed E-state index contributed by atoms with van der Waals surface area (Å²) >= 11 is 3.25. The van der Waals surface area contributed by atoms with Crippen molar-refractivity contribution in [2.75, 3.05) is 0 Å². The summed E-state index contributed by atoms with van der Waals surface area (Å²) < 4.78 is 6.94. The summed E-state index contributed by atoms with van der Waals surface area (Å²) in [4.78, 5) is 8.66. The summed E-state index contributed by atoms with van der Waals surface area (Å²) in [6.45, 7) is 4.09. The zero-order valence-electron chi connectivity index (χ0n) is 13.1. The Hall–Kier alpha value is -2.25. The van der Waals surface area contributed by atoms with E-state index in [1.165, 1.54) is 5.56 Å². The summed E-state index contributed by atoms with van der Waals surface area (Å²) in [6, 6.07) is 10.0. The van der Waals surface area contributed by atoms with Gasteiger partial charge in [-0.25, -0.2) is 9.97 Å². The lowest BCUT2D eigenvalue weighted by atomic mass is 10.1. The largest absolute Gasteiger partial charge is 0.419 e. The maximum Gasteiger partial charge on any atom is 0.247 e. The maximum absolute atomic E-state index is 5.85. The molecule has 3 aromatic heterocycles. The number of nitrogens with zero attached hydrogens (tertiary/aromatic N) is 4. The lowest BCUT2D eigenvalue weighted by Crippen LogP contribution is -1.91. The van der Waals surface area contributed by atoms with Gasteiger partial charge in [-0.2, -0.15) is 0 Å². The molecular weight excluding hydrogens is 340 g/mol. The van der Waals surface area contributed by atoms with Crippen LogP contribution < -0.4 is 0 Å². The van der Waals surface area contributed by atoms with Crippen molar-refractivity contribution in [3.63, 3.8) is 0 Å². The Balaban J connectivity index is 1.58. The molecule has 7 heteroatoms. The SMILES string of the molecule is Cc1ccc(-c2nnc(C(C)Sc3ncnc4ccsc34)o2)cc1. The number of rotatable bonds is 4. The predicted octanol–water partition coefficient (Wildman–Crippen LogP) is 4.90. The maximum atomic E-state index is 5.85. The molecule has 4 aromatic rings. The van der Waals surface area contributed by atoms with E-state index in [-0.39, 0.29) is 5.25 Å². The number of thiophene rings is 1. The van der Waals surface area contributed by atoms with Crippen molar-refractivity contribution in [3.8, 4) is 11.5 Å². The average molecular weight is 354 g/mol. The van der Waals surface area contributed by atoms with Crippen LogP contribution in [0.5, 0.6) is 0 Å². The highest BCUT2D eigenvalue weighted by Gasteiger charge is 2.18. The molecule has 0 amide bonds. The van der Waals surface area contributed by atoms with Crippen LogP contribution in [0.1, 0.15) is 23.6 Å². The Kier molecular flexibility index (Phi) is 4.03. The molecule has 1 atom stereocenters. The summed E-state index contributed by atoms with van der Waals surface area (Å²) in [7, 11) is 0. The van der Waals surface area contributed by atoms with Crippen molar-refractivity contribution in [3.05, 3.63) is 53.5 Å². The average Bonchev–Trinajstić information content (AvgIpc) is 3.25. The molecule has 0 saturated carbocycles. The van der Waals surface area contributed by atoms with Crippen molar-refractivity contribution in [1.82, 2.24) is 20.2 Å². The summed E-state index contributed by atoms with van der Waals surface area (Å²) in [5, 5.41) is 11.3. The van der Waals surface area contributed by atoms with Crippen LogP contribution >= 0.6 is 23.1 Å². The van der Waals surface area contributed by atoms with E-state index in [9.17, 15) is 0 Å². The Morgan fingerprint density at radius 2 is 1.92 bits per heavy atom. The zero-order valence-corrected chi connectivity index (χ0v) is 14.8. The van der Waals surface area contributed by atoms with Crippen molar-refractivity contribution in [2.45, 2.75) is 24.1 Å². The molecule has 0 N–H and O–H groups in total. The van der Waals surface area contributed by atoms with E-state index in [0.717, 1.165) is 20.8 Å². The molecular formula is C17H14N4OS2. The minimum atomic E-state index is 0.0110. The number of aryl methyl sites for hydroxylation is 1. The number of aromatic nitrogens is 4. The molecule has 3 heterocycles. The van der Waals surface area contributed by atoms with Gasteiger partial charge in [-0.1, -0.05) is 29.5 Å². The number of benzene rings is 1. The summed E-state index contributed by atoms with van der Waals surface area (Å²) in [5.41, 5.74) is 3.10. The minimum absolute atomic E-state index is 0.0110. The molecule has 5 nitrogen and oxygen atoms in total. The normalized spacial score (nSPS) is 12.6. The molecule has 4 rings (SSSR count). The summed E-state index contributed by atoms with van der Waals surface area (Å²) in [6.07, 6.45) is 1.59. The molecule has 0 aliphatic rings. The highest BCUT2D eigenvalue weighted by molar-refractivity contribution is 7.99. The number of fused-ring (bicyclic) bond motifs is 1. The van der Waals surface area contributed by atoms with Gasteiger partial charge in [0.05, 0.1) is 15.5 Å². The molecule has 0 spiro atoms. The van der Waals surface area contributed by atoms with E-state index in [2.05, 4.69) is 27.1 Å². The quantitative estimate of drug-likeness (QED) is 0.383. The highest BCUT2D eigenvalue weighted by Crippen LogP contribution is 2.38. The van der Waals surface area contributed by atoms with Gasteiger partial charge in [-0.15, -0.1) is 21.5 Å². The highest BCUT2D eigenvalue weighted by atomic mass is 32.2. The molecule has 0 saturated heterocycles. The predicted molar refractivity (Wildman–Crippen MR) is 96.2 cm³/mol. The molecule has 0 bridgehead atoms. The van der Waals surface area contributed by atoms with Crippen LogP contribution in [0.2, 0.25) is 0 Å². The molecule has 24 heavy (non-hydrogen) atoms. The lowest BCUT2D eigenvalue weighted by Gasteiger charge is -2.06. The van der Waals surface area contributed by atoms with Gasteiger partial charge in [0.1, 0.15) is 11.4 Å². The molecule has 0 aliphatic carbocycles. The van der Waals surface area contributed by atoms with Crippen LogP contribution in [-0.2, 0) is 0 Å². The lowest BCUT2D eigenvalue weighted by molar-refractivity contribution is 0.509. The van der Waals surface area contributed by atoms with E-state index in [4.69, 9.17) is 4.42 Å². The van der Waals surface area contributed by atoms with Crippen LogP contribution in [-0.4, -0.2) is 20.2 Å². The van der Waals surface area contributed by atoms with Gasteiger partial charge in [-0.05, 0) is 37.4 Å². The first-order valence-electron chi connectivity index (χ1n) is 7.46. The van der Waals surface area contributed by atoms with Crippen molar-refractivity contribution in [1.29, 1.82) is 0 Å². The van der Waals surface area contributed by atoms with Crippen molar-refractivity contribution < 1.29 is 4.42 Å². The third-order valence-corrected chi connectivity index (χ3v) is 5.71. The number of hydrogen-bond donors (Lipinski definition) is 0. The summed E-state index contributed by atoms with van der Waals surface area (Å²) in [5.74, 6) is 1.14. The van der Waals surface area contributed by atoms with Gasteiger partial charge >= 0.3 is 0 Å². The van der Waals surface area contributed by atoms with E-state index >= 15 is 0 Å². The molecule has 0 aliphatic heterocycles. The molecule has 0 radical (unpaired) electrons. The monoisotopic (exact) mass is 354 g/mol. The Morgan fingerprint density at radius 1 is 1.08 bits per heavy atom. The zero-order chi connectivity index (χ0) is 16.5. The van der Waals surface area contributed by atoms with Gasteiger partial charge in [-0.3, -0.25) is 0 Å². The van der Waals surface area contributed by atoms with Gasteiger partial charge in [0, 0.05) is 5.56 Å². The van der Waals surface area contributed by atoms with Crippen LogP contribution in [0, 0.1) is 6.92 Å². The van der Waals surface area contributed by atoms with E-state index in [1.54, 1.807) is 29.4 Å². The Bertz CT molecular complexity index is 978. The van der Waals surface area contributed by atoms with Crippen LogP contribution in [0.25, 0.3) is 21.7 Å². The van der Waals surface area contributed by atoms with Gasteiger partial charge in [0.2, 0.25) is 11.8 Å². The smallest absolute Gasteiger partial charge is 0.247 e. The van der Waals surface area contributed by atoms with Crippen LogP contribution in [0.4, 0.5) is 0 Å². The Morgan fingerprint density at radius 3 is 2.75 bits per heavy atom. The molecule has 1 unspecified atom stereocenters. The van der Waals surface area contributed by atoms with Gasteiger partial charge in [0.25, 0.3) is 0 Å². The fourth-order valence-corrected chi connectivity index (χ4v) is 4.15. The first-order chi connectivity index (χ1) is 11.7. The van der Waals surface area contributed by atoms with Crippen LogP contribution in [0.3, 0.4) is 0 Å². The topological polar surface area (TPSA) is 64.7 Å². The number of hydrogen-bond acceptors (Lipinski definition) is 7. The first kappa shape index (κ1) is 15.3. The van der Waals surface area contributed by atoms with Gasteiger partial charge < -0.3 is 4.42 Å². The molecule has 0 fully saturated rings. The standard InChI is InChI=1S/C17H14N4OS2/c1-10-3-5-12(6-4-10)16-21-20-15(22-16)11(2)24-17-14-13(7-8-23-14)18-9-19-17/h3-9,11H,1-2H3. The first-order valence-corrected chi connectivity index (χ1v) is 9.22. The third kappa shape index (κ3) is 2.92. The van der Waals surface area contributed by atoms with Crippen LogP contribution in [0.15, 0.2) is 51.5 Å². The van der Waals surface area contributed by atoms with E-state index < -0.39 is 0 Å². The third-order valence-electron chi connectivity index (χ3n) is 3.59.